The second-order valence-electron chi connectivity index (χ2n) is 3.46. The van der Waals surface area contributed by atoms with E-state index in [1.165, 1.54) is 6.92 Å². The molecule has 0 aromatic carbocycles. The fourth-order valence-electron chi connectivity index (χ4n) is 0.951. The first-order chi connectivity index (χ1) is 5.12. The van der Waals surface area contributed by atoms with E-state index in [1.807, 2.05) is 19.8 Å². The standard InChI is InChI=1S/C2H4O2.4CH3.ClH.O.2Sn/c1-2(3)4;;;;;;;;/h1H3,(H,3,4);4*1H3;1H;;;/q;;;;;;;2*+1/p-2. The van der Waals surface area contributed by atoms with Crippen LogP contribution in [-0.2, 0) is 9.28 Å². The van der Waals surface area contributed by atoms with E-state index in [0.29, 0.717) is 0 Å². The molecule has 0 unspecified atom stereocenters. The predicted molar refractivity (Wildman–Crippen MR) is 53.7 cm³/mol. The maximum absolute atomic E-state index is 10.7. The third-order valence-electron chi connectivity index (χ3n) is 0.878. The number of halogens is 1. The van der Waals surface area contributed by atoms with Crippen LogP contribution in [0.4, 0.5) is 0 Å². The molecule has 0 N–H and O–H groups in total. The molecule has 0 rings (SSSR count). The van der Waals surface area contributed by atoms with Crippen molar-refractivity contribution in [1.29, 1.82) is 0 Å². The van der Waals surface area contributed by atoms with Crippen LogP contribution >= 0.6 is 8.92 Å². The Hall–Kier alpha value is 1.32. The van der Waals surface area contributed by atoms with Crippen molar-refractivity contribution in [1.82, 2.24) is 0 Å². The normalized spacial score (nSPS) is 12.8. The Morgan fingerprint density at radius 1 is 1.25 bits per heavy atom. The first kappa shape index (κ1) is 13.3. The first-order valence-corrected chi connectivity index (χ1v) is 22.2. The molecule has 0 spiro atoms. The van der Waals surface area contributed by atoms with Crippen LogP contribution < -0.4 is 0 Å². The molecule has 0 radical (unpaired) electrons. The zero-order valence-electron chi connectivity index (χ0n) is 8.10. The third kappa shape index (κ3) is 7.94. The van der Waals surface area contributed by atoms with Crippen LogP contribution in [-0.4, -0.2) is 42.8 Å². The molecular formula is C6H15ClO3Sn2. The Balaban J connectivity index is 4.13. The van der Waals surface area contributed by atoms with Crippen molar-refractivity contribution in [3.63, 3.8) is 0 Å². The average Bonchev–Trinajstić information content (AvgIpc) is 1.48. The van der Waals surface area contributed by atoms with Gasteiger partial charge >= 0.3 is 87.7 Å². The van der Waals surface area contributed by atoms with Crippen LogP contribution in [0.3, 0.4) is 0 Å². The molecule has 0 heterocycles. The van der Waals surface area contributed by atoms with E-state index in [1.54, 1.807) is 0 Å². The van der Waals surface area contributed by atoms with Crippen LogP contribution in [0.1, 0.15) is 6.92 Å². The van der Waals surface area contributed by atoms with Gasteiger partial charge in [-0.05, 0) is 0 Å². The monoisotopic (exact) mass is 410 g/mol. The Kier molecular flexibility index (Phi) is 5.22. The van der Waals surface area contributed by atoms with E-state index in [2.05, 4.69) is 0 Å². The van der Waals surface area contributed by atoms with Crippen molar-refractivity contribution in [2.75, 3.05) is 0 Å². The van der Waals surface area contributed by atoms with Gasteiger partial charge in [0.2, 0.25) is 0 Å². The average molecular weight is 408 g/mol. The van der Waals surface area contributed by atoms with Gasteiger partial charge in [-0.25, -0.2) is 0 Å². The zero-order valence-corrected chi connectivity index (χ0v) is 14.6. The number of carbonyl (C=O) groups is 1. The summed E-state index contributed by atoms with van der Waals surface area (Å²) in [5.74, 6) is -0.261. The SMILES string of the molecule is CC(=O)[O][Sn]([CH3])([CH3])[O][Sn]([CH3])([CH3])[Cl]. The number of carbonyl (C=O) groups excluding carboxylic acids is 1. The Morgan fingerprint density at radius 3 is 1.92 bits per heavy atom. The summed E-state index contributed by atoms with van der Waals surface area (Å²) in [5, 5.41) is 0. The summed E-state index contributed by atoms with van der Waals surface area (Å²) >= 11 is -5.76. The maximum atomic E-state index is 10.7. The molecule has 72 valence electrons. The summed E-state index contributed by atoms with van der Waals surface area (Å²) in [6.45, 7) is 1.40. The molecule has 0 fully saturated rings. The van der Waals surface area contributed by atoms with Gasteiger partial charge in [0.15, 0.2) is 0 Å². The van der Waals surface area contributed by atoms with Crippen molar-refractivity contribution < 1.29 is 9.28 Å². The van der Waals surface area contributed by atoms with E-state index in [4.69, 9.17) is 13.4 Å². The van der Waals surface area contributed by atoms with Gasteiger partial charge in [0.05, 0.1) is 0 Å². The van der Waals surface area contributed by atoms with Crippen molar-refractivity contribution in [3.8, 4) is 0 Å². The fraction of sp³-hybridized carbons (Fsp3) is 0.833. The Morgan fingerprint density at radius 2 is 1.67 bits per heavy atom. The molecule has 0 saturated heterocycles. The van der Waals surface area contributed by atoms with E-state index < -0.39 is 36.9 Å². The minimum atomic E-state index is -3.01. The van der Waals surface area contributed by atoms with Gasteiger partial charge in [-0.3, -0.25) is 0 Å². The quantitative estimate of drug-likeness (QED) is 0.673. The van der Waals surface area contributed by atoms with Gasteiger partial charge in [0.1, 0.15) is 0 Å². The minimum absolute atomic E-state index is 0.261. The van der Waals surface area contributed by atoms with Crippen LogP contribution in [0.25, 0.3) is 0 Å². The molecule has 6 heteroatoms. The molecule has 0 aliphatic carbocycles. The van der Waals surface area contributed by atoms with Crippen molar-refractivity contribution in [3.05, 3.63) is 0 Å². The molecule has 3 nitrogen and oxygen atoms in total. The zero-order chi connectivity index (χ0) is 9.99. The van der Waals surface area contributed by atoms with E-state index in [0.717, 1.165) is 0 Å². The van der Waals surface area contributed by atoms with E-state index >= 15 is 0 Å². The third-order valence-corrected chi connectivity index (χ3v) is 28.1. The second kappa shape index (κ2) is 4.70. The Labute approximate surface area is 86.9 Å². The van der Waals surface area contributed by atoms with Crippen molar-refractivity contribution in [2.45, 2.75) is 26.7 Å². The summed E-state index contributed by atoms with van der Waals surface area (Å²) in [4.78, 5) is 18.4. The van der Waals surface area contributed by atoms with Crippen LogP contribution in [0.15, 0.2) is 0 Å². The molecule has 0 bridgehead atoms. The van der Waals surface area contributed by atoms with Crippen LogP contribution in [0, 0.1) is 0 Å². The molecule has 0 aliphatic rings. The summed E-state index contributed by atoms with van der Waals surface area (Å²) in [5.41, 5.74) is 0. The van der Waals surface area contributed by atoms with Crippen LogP contribution in [0.2, 0.25) is 19.8 Å². The van der Waals surface area contributed by atoms with Gasteiger partial charge in [0.25, 0.3) is 0 Å². The van der Waals surface area contributed by atoms with Crippen molar-refractivity contribution >= 4 is 51.8 Å². The van der Waals surface area contributed by atoms with Gasteiger partial charge in [-0.1, -0.05) is 0 Å². The van der Waals surface area contributed by atoms with Gasteiger partial charge in [-0.15, -0.1) is 0 Å². The second-order valence-corrected chi connectivity index (χ2v) is 30.4. The molecular weight excluding hydrogens is 393 g/mol. The predicted octanol–water partition coefficient (Wildman–Crippen LogP) is 2.21. The molecule has 12 heavy (non-hydrogen) atoms. The molecule has 0 saturated carbocycles. The summed E-state index contributed by atoms with van der Waals surface area (Å²) in [6.07, 6.45) is 0. The number of rotatable bonds is 3. The van der Waals surface area contributed by atoms with Gasteiger partial charge < -0.3 is 0 Å². The molecule has 0 atom stereocenters. The molecule has 0 aromatic heterocycles. The van der Waals surface area contributed by atoms with Crippen LogP contribution in [0.5, 0.6) is 0 Å². The summed E-state index contributed by atoms with van der Waals surface area (Å²) in [6, 6.07) is 0. The molecule has 0 aliphatic heterocycles. The van der Waals surface area contributed by atoms with Gasteiger partial charge in [-0.2, -0.15) is 0 Å². The first-order valence-electron chi connectivity index (χ1n) is 3.71. The van der Waals surface area contributed by atoms with Gasteiger partial charge in [0, 0.05) is 0 Å². The van der Waals surface area contributed by atoms with E-state index in [-0.39, 0.29) is 5.97 Å². The topological polar surface area (TPSA) is 35.5 Å². The fourth-order valence-corrected chi connectivity index (χ4v) is 37.9. The number of hydrogen-bond donors (Lipinski definition) is 0. The van der Waals surface area contributed by atoms with Crippen molar-refractivity contribution in [2.24, 2.45) is 0 Å². The molecule has 0 aromatic rings. The Bertz CT molecular complexity index is 176. The summed E-state index contributed by atoms with van der Waals surface area (Å²) in [7, 11) is 6.05. The molecule has 0 amide bonds. The summed E-state index contributed by atoms with van der Waals surface area (Å²) < 4.78 is 10.8. The number of hydrogen-bond acceptors (Lipinski definition) is 3. The van der Waals surface area contributed by atoms with E-state index in [9.17, 15) is 4.79 Å².